The fourth-order valence-corrected chi connectivity index (χ4v) is 3.76. The molecule has 8 heteroatoms. The topological polar surface area (TPSA) is 55.2 Å². The van der Waals surface area contributed by atoms with Gasteiger partial charge in [-0.1, -0.05) is 0 Å². The zero-order valence-electron chi connectivity index (χ0n) is 16.8. The number of hydrogen-bond acceptors (Lipinski definition) is 5. The van der Waals surface area contributed by atoms with Crippen molar-refractivity contribution in [2.75, 3.05) is 36.5 Å². The standard InChI is InChI=1S/C23H21F2N5O/c24-18-11-16(12-19(25)13-18)15-30-6-5-17-14-26-23(28-22(17)30)27-20-1-3-21(4-2-20)29-7-9-31-10-8-29/h1-6,11-14H,7-10,15H2,(H,26,27,28). The lowest BCUT2D eigenvalue weighted by Crippen LogP contribution is -2.36. The van der Waals surface area contributed by atoms with E-state index in [1.165, 1.54) is 12.1 Å². The summed E-state index contributed by atoms with van der Waals surface area (Å²) in [6.45, 7) is 3.58. The number of nitrogens with one attached hydrogen (secondary N) is 1. The largest absolute Gasteiger partial charge is 0.378 e. The minimum absolute atomic E-state index is 0.308. The number of nitrogens with zero attached hydrogens (tertiary/aromatic N) is 4. The normalized spacial score (nSPS) is 14.2. The van der Waals surface area contributed by atoms with Crippen LogP contribution in [0.25, 0.3) is 11.0 Å². The van der Waals surface area contributed by atoms with Gasteiger partial charge in [0, 0.05) is 54.9 Å². The van der Waals surface area contributed by atoms with Crippen molar-refractivity contribution in [3.05, 3.63) is 78.1 Å². The molecule has 1 N–H and O–H groups in total. The van der Waals surface area contributed by atoms with Crippen LogP contribution in [-0.2, 0) is 11.3 Å². The van der Waals surface area contributed by atoms with Crippen LogP contribution in [0.3, 0.4) is 0 Å². The number of fused-ring (bicyclic) bond motifs is 1. The van der Waals surface area contributed by atoms with Gasteiger partial charge in [-0.3, -0.25) is 0 Å². The molecule has 6 nitrogen and oxygen atoms in total. The number of hydrogen-bond donors (Lipinski definition) is 1. The maximum Gasteiger partial charge on any atom is 0.229 e. The second kappa shape index (κ2) is 8.31. The van der Waals surface area contributed by atoms with Gasteiger partial charge in [0.1, 0.15) is 17.3 Å². The molecule has 1 fully saturated rings. The Kier molecular flexibility index (Phi) is 5.21. The highest BCUT2D eigenvalue weighted by Crippen LogP contribution is 2.22. The molecule has 0 aliphatic carbocycles. The highest BCUT2D eigenvalue weighted by Gasteiger charge is 2.11. The fourth-order valence-electron chi connectivity index (χ4n) is 3.76. The third kappa shape index (κ3) is 4.34. The van der Waals surface area contributed by atoms with E-state index in [-0.39, 0.29) is 0 Å². The van der Waals surface area contributed by atoms with Crippen LogP contribution in [0, 0.1) is 11.6 Å². The predicted octanol–water partition coefficient (Wildman–Crippen LogP) is 4.34. The van der Waals surface area contributed by atoms with Gasteiger partial charge >= 0.3 is 0 Å². The van der Waals surface area contributed by atoms with Gasteiger partial charge in [0.25, 0.3) is 0 Å². The minimum atomic E-state index is -0.594. The van der Waals surface area contributed by atoms with Crippen LogP contribution in [-0.4, -0.2) is 40.8 Å². The van der Waals surface area contributed by atoms with Gasteiger partial charge < -0.3 is 19.5 Å². The predicted molar refractivity (Wildman–Crippen MR) is 116 cm³/mol. The van der Waals surface area contributed by atoms with Crippen LogP contribution >= 0.6 is 0 Å². The van der Waals surface area contributed by atoms with E-state index >= 15 is 0 Å². The summed E-state index contributed by atoms with van der Waals surface area (Å²) in [6.07, 6.45) is 3.57. The summed E-state index contributed by atoms with van der Waals surface area (Å²) in [6, 6.07) is 13.5. The Morgan fingerprint density at radius 2 is 1.71 bits per heavy atom. The highest BCUT2D eigenvalue weighted by molar-refractivity contribution is 5.77. The highest BCUT2D eigenvalue weighted by atomic mass is 19.1. The molecule has 2 aromatic heterocycles. The molecule has 0 amide bonds. The molecular weight excluding hydrogens is 400 g/mol. The number of anilines is 3. The summed E-state index contributed by atoms with van der Waals surface area (Å²) in [4.78, 5) is 11.3. The van der Waals surface area contributed by atoms with E-state index in [1.54, 1.807) is 6.20 Å². The molecule has 0 saturated carbocycles. The van der Waals surface area contributed by atoms with Crippen LogP contribution in [0.15, 0.2) is 60.9 Å². The maximum absolute atomic E-state index is 13.5. The average molecular weight is 421 g/mol. The molecule has 0 bridgehead atoms. The Hall–Kier alpha value is -3.52. The van der Waals surface area contributed by atoms with Gasteiger partial charge in [0.2, 0.25) is 5.95 Å². The van der Waals surface area contributed by atoms with Gasteiger partial charge in [-0.15, -0.1) is 0 Å². The Bertz CT molecular complexity index is 1180. The monoisotopic (exact) mass is 421 g/mol. The second-order valence-corrected chi connectivity index (χ2v) is 7.47. The summed E-state index contributed by atoms with van der Waals surface area (Å²) >= 11 is 0. The molecule has 31 heavy (non-hydrogen) atoms. The SMILES string of the molecule is Fc1cc(F)cc(Cn2ccc3cnc(Nc4ccc(N5CCOCC5)cc4)nc32)c1. The molecule has 158 valence electrons. The van der Waals surface area contributed by atoms with Gasteiger partial charge in [-0.25, -0.2) is 13.8 Å². The molecule has 3 heterocycles. The van der Waals surface area contributed by atoms with E-state index in [4.69, 9.17) is 4.74 Å². The van der Waals surface area contributed by atoms with Gasteiger partial charge in [0.15, 0.2) is 0 Å². The first-order valence-electron chi connectivity index (χ1n) is 10.1. The third-order valence-electron chi connectivity index (χ3n) is 5.28. The van der Waals surface area contributed by atoms with E-state index in [0.717, 1.165) is 49.1 Å². The van der Waals surface area contributed by atoms with Crippen molar-refractivity contribution in [2.24, 2.45) is 0 Å². The number of aromatic nitrogens is 3. The Morgan fingerprint density at radius 3 is 2.45 bits per heavy atom. The Morgan fingerprint density at radius 1 is 0.968 bits per heavy atom. The average Bonchev–Trinajstić information content (AvgIpc) is 3.16. The minimum Gasteiger partial charge on any atom is -0.378 e. The van der Waals surface area contributed by atoms with E-state index in [2.05, 4.69) is 32.3 Å². The van der Waals surface area contributed by atoms with Crippen molar-refractivity contribution in [3.8, 4) is 0 Å². The number of benzene rings is 2. The van der Waals surface area contributed by atoms with Crippen molar-refractivity contribution >= 4 is 28.4 Å². The van der Waals surface area contributed by atoms with E-state index < -0.39 is 11.6 Å². The van der Waals surface area contributed by atoms with Gasteiger partial charge in [0.05, 0.1) is 13.2 Å². The van der Waals surface area contributed by atoms with Crippen molar-refractivity contribution in [1.29, 1.82) is 0 Å². The molecule has 0 radical (unpaired) electrons. The number of rotatable bonds is 5. The number of ether oxygens (including phenoxy) is 1. The zero-order valence-corrected chi connectivity index (χ0v) is 16.8. The summed E-state index contributed by atoms with van der Waals surface area (Å²) in [5, 5.41) is 4.08. The summed E-state index contributed by atoms with van der Waals surface area (Å²) in [5.74, 6) is -0.732. The quantitative estimate of drug-likeness (QED) is 0.520. The van der Waals surface area contributed by atoms with Crippen molar-refractivity contribution < 1.29 is 13.5 Å². The number of morpholine rings is 1. The molecule has 1 saturated heterocycles. The molecule has 0 atom stereocenters. The first-order valence-corrected chi connectivity index (χ1v) is 10.1. The second-order valence-electron chi connectivity index (χ2n) is 7.47. The smallest absolute Gasteiger partial charge is 0.229 e. The van der Waals surface area contributed by atoms with Gasteiger partial charge in [-0.2, -0.15) is 4.98 Å². The molecule has 1 aliphatic rings. The summed E-state index contributed by atoms with van der Waals surface area (Å²) in [5.41, 5.74) is 3.25. The first-order chi connectivity index (χ1) is 15.1. The molecule has 2 aromatic carbocycles. The van der Waals surface area contributed by atoms with Crippen LogP contribution in [0.5, 0.6) is 0 Å². The van der Waals surface area contributed by atoms with Crippen molar-refractivity contribution in [1.82, 2.24) is 14.5 Å². The van der Waals surface area contributed by atoms with Crippen LogP contribution in [0.2, 0.25) is 0 Å². The Balaban J connectivity index is 1.35. The fraction of sp³-hybridized carbons (Fsp3) is 0.217. The number of halogens is 2. The lowest BCUT2D eigenvalue weighted by atomic mass is 10.2. The molecule has 5 rings (SSSR count). The zero-order chi connectivity index (χ0) is 21.2. The van der Waals surface area contributed by atoms with Crippen LogP contribution < -0.4 is 10.2 Å². The molecule has 0 unspecified atom stereocenters. The molecule has 0 spiro atoms. The van der Waals surface area contributed by atoms with Crippen LogP contribution in [0.1, 0.15) is 5.56 Å². The van der Waals surface area contributed by atoms with Crippen molar-refractivity contribution in [2.45, 2.75) is 6.54 Å². The third-order valence-corrected chi connectivity index (χ3v) is 5.28. The Labute approximate surface area is 178 Å². The lowest BCUT2D eigenvalue weighted by Gasteiger charge is -2.28. The molecule has 4 aromatic rings. The van der Waals surface area contributed by atoms with Gasteiger partial charge in [-0.05, 0) is 48.0 Å². The van der Waals surface area contributed by atoms with Crippen LogP contribution in [0.4, 0.5) is 26.1 Å². The summed E-state index contributed by atoms with van der Waals surface area (Å²) in [7, 11) is 0. The van der Waals surface area contributed by atoms with Crippen molar-refractivity contribution in [3.63, 3.8) is 0 Å². The lowest BCUT2D eigenvalue weighted by molar-refractivity contribution is 0.122. The van der Waals surface area contributed by atoms with E-state index in [1.807, 2.05) is 29.0 Å². The molecule has 1 aliphatic heterocycles. The van der Waals surface area contributed by atoms with E-state index in [9.17, 15) is 8.78 Å². The summed E-state index contributed by atoms with van der Waals surface area (Å²) < 4.78 is 34.3. The maximum atomic E-state index is 13.5. The first kappa shape index (κ1) is 19.4. The molecular formula is C23H21F2N5O. The van der Waals surface area contributed by atoms with E-state index in [0.29, 0.717) is 23.7 Å².